The highest BCUT2D eigenvalue weighted by atomic mass is 35.5. The Bertz CT molecular complexity index is 1550. The van der Waals surface area contributed by atoms with E-state index in [0.717, 1.165) is 5.56 Å². The molecule has 210 valence electrons. The Morgan fingerprint density at radius 1 is 1.30 bits per heavy atom. The summed E-state index contributed by atoms with van der Waals surface area (Å²) in [7, 11) is 0. The second-order valence-electron chi connectivity index (χ2n) is 9.97. The lowest BCUT2D eigenvalue weighted by Crippen LogP contribution is -2.22. The highest BCUT2D eigenvalue weighted by molar-refractivity contribution is 6.31. The van der Waals surface area contributed by atoms with Gasteiger partial charge in [0.25, 0.3) is 5.56 Å². The van der Waals surface area contributed by atoms with Crippen molar-refractivity contribution >= 4 is 35.1 Å². The maximum absolute atomic E-state index is 14.1. The highest BCUT2D eigenvalue weighted by Crippen LogP contribution is 2.28. The van der Waals surface area contributed by atoms with Gasteiger partial charge < -0.3 is 10.4 Å². The SMILES string of the molecule is C/C=C/N=C(/C=C/n1c(C)cc(C(C)Cc2ccc(F)c(NC(C)=O)c2)c(Cl)c1=O)c1ccnc(C(C)(C)O)n1. The monoisotopic (exact) mass is 565 g/mol. The van der Waals surface area contributed by atoms with Crippen LogP contribution in [0.3, 0.4) is 0 Å². The van der Waals surface area contributed by atoms with Gasteiger partial charge in [0, 0.05) is 31.2 Å². The van der Waals surface area contributed by atoms with Crippen LogP contribution in [-0.2, 0) is 16.8 Å². The van der Waals surface area contributed by atoms with E-state index < -0.39 is 17.0 Å². The van der Waals surface area contributed by atoms with Gasteiger partial charge in [-0.15, -0.1) is 0 Å². The van der Waals surface area contributed by atoms with Gasteiger partial charge in [-0.2, -0.15) is 0 Å². The van der Waals surface area contributed by atoms with E-state index >= 15 is 0 Å². The molecule has 0 spiro atoms. The van der Waals surface area contributed by atoms with Crippen molar-refractivity contribution in [2.45, 2.75) is 59.5 Å². The van der Waals surface area contributed by atoms with Crippen molar-refractivity contribution in [3.8, 4) is 0 Å². The molecule has 0 fully saturated rings. The quantitative estimate of drug-likeness (QED) is 0.320. The number of aromatic nitrogens is 3. The molecule has 10 heteroatoms. The smallest absolute Gasteiger partial charge is 0.273 e. The summed E-state index contributed by atoms with van der Waals surface area (Å²) in [6.07, 6.45) is 8.60. The van der Waals surface area contributed by atoms with Gasteiger partial charge in [-0.25, -0.2) is 14.4 Å². The second kappa shape index (κ2) is 12.9. The Hall–Kier alpha value is -3.95. The lowest BCUT2D eigenvalue weighted by molar-refractivity contribution is -0.114. The molecular weight excluding hydrogens is 533 g/mol. The minimum atomic E-state index is -1.24. The number of hydrogen-bond acceptors (Lipinski definition) is 6. The number of carbonyl (C=O) groups is 1. The van der Waals surface area contributed by atoms with E-state index in [1.165, 1.54) is 17.6 Å². The minimum Gasteiger partial charge on any atom is -0.382 e. The standard InChI is InChI=1S/C30H33ClFN5O3/c1-7-12-33-24(25-10-13-34-29(36-25)30(5,6)40)11-14-37-19(3)16-22(27(31)28(37)39)18(2)15-21-8-9-23(32)26(17-21)35-20(4)38/h7-14,16-18,40H,15H2,1-6H3,(H,35,38)/b12-7+,14-11+,33-24-. The maximum Gasteiger partial charge on any atom is 0.273 e. The normalized spacial score (nSPS) is 13.3. The number of amides is 1. The molecule has 0 saturated heterocycles. The van der Waals surface area contributed by atoms with Crippen LogP contribution in [0.1, 0.15) is 68.9 Å². The number of aryl methyl sites for hydroxylation is 1. The first-order valence-corrected chi connectivity index (χ1v) is 13.1. The zero-order chi connectivity index (χ0) is 29.6. The molecule has 8 nitrogen and oxygen atoms in total. The van der Waals surface area contributed by atoms with E-state index in [4.69, 9.17) is 11.6 Å². The number of aliphatic hydroxyl groups is 1. The van der Waals surface area contributed by atoms with Crippen molar-refractivity contribution < 1.29 is 14.3 Å². The molecular formula is C30H33ClFN5O3. The van der Waals surface area contributed by atoms with E-state index in [2.05, 4.69) is 20.3 Å². The molecule has 0 bridgehead atoms. The van der Waals surface area contributed by atoms with Gasteiger partial charge in [0.15, 0.2) is 5.82 Å². The molecule has 2 aromatic heterocycles. The average Bonchev–Trinajstić information content (AvgIpc) is 2.89. The van der Waals surface area contributed by atoms with Gasteiger partial charge in [0.05, 0.1) is 17.1 Å². The summed E-state index contributed by atoms with van der Waals surface area (Å²) in [4.78, 5) is 37.7. The molecule has 1 unspecified atom stereocenters. The van der Waals surface area contributed by atoms with Crippen LogP contribution in [0, 0.1) is 12.7 Å². The van der Waals surface area contributed by atoms with Crippen molar-refractivity contribution in [3.63, 3.8) is 0 Å². The molecule has 0 aliphatic rings. The number of anilines is 1. The van der Waals surface area contributed by atoms with Crippen LogP contribution in [0.15, 0.2) is 64.7 Å². The summed E-state index contributed by atoms with van der Waals surface area (Å²) in [5.74, 6) is -0.811. The number of aliphatic imine (C=N–C) groups is 1. The third-order valence-electron chi connectivity index (χ3n) is 6.03. The van der Waals surface area contributed by atoms with Gasteiger partial charge >= 0.3 is 0 Å². The molecule has 3 aromatic rings. The summed E-state index contributed by atoms with van der Waals surface area (Å²) < 4.78 is 15.5. The van der Waals surface area contributed by atoms with Crippen molar-refractivity contribution in [1.29, 1.82) is 0 Å². The fourth-order valence-corrected chi connectivity index (χ4v) is 4.36. The number of carbonyl (C=O) groups excluding carboxylic acids is 1. The molecule has 0 saturated carbocycles. The van der Waals surface area contributed by atoms with Crippen molar-refractivity contribution in [2.24, 2.45) is 4.99 Å². The summed E-state index contributed by atoms with van der Waals surface area (Å²) in [6, 6.07) is 8.04. The minimum absolute atomic E-state index is 0.0743. The lowest BCUT2D eigenvalue weighted by Gasteiger charge is -2.17. The third kappa shape index (κ3) is 7.58. The van der Waals surface area contributed by atoms with E-state index in [9.17, 15) is 19.1 Å². The lowest BCUT2D eigenvalue weighted by atomic mass is 9.93. The number of halogens is 2. The topological polar surface area (TPSA) is 109 Å². The molecule has 0 aliphatic carbocycles. The third-order valence-corrected chi connectivity index (χ3v) is 6.41. The van der Waals surface area contributed by atoms with Crippen molar-refractivity contribution in [1.82, 2.24) is 14.5 Å². The van der Waals surface area contributed by atoms with Crippen LogP contribution in [0.5, 0.6) is 0 Å². The molecule has 1 aromatic carbocycles. The Morgan fingerprint density at radius 3 is 2.67 bits per heavy atom. The summed E-state index contributed by atoms with van der Waals surface area (Å²) >= 11 is 6.57. The zero-order valence-electron chi connectivity index (χ0n) is 23.4. The summed E-state index contributed by atoms with van der Waals surface area (Å²) in [6.45, 7) is 10.1. The van der Waals surface area contributed by atoms with Crippen molar-refractivity contribution in [2.75, 3.05) is 5.32 Å². The first-order chi connectivity index (χ1) is 18.8. The number of nitrogens with zero attached hydrogens (tertiary/aromatic N) is 4. The highest BCUT2D eigenvalue weighted by Gasteiger charge is 2.21. The van der Waals surface area contributed by atoms with Crippen LogP contribution in [-0.4, -0.2) is 31.3 Å². The predicted octanol–water partition coefficient (Wildman–Crippen LogP) is 5.76. The molecule has 0 radical (unpaired) electrons. The number of nitrogens with one attached hydrogen (secondary N) is 1. The largest absolute Gasteiger partial charge is 0.382 e. The Balaban J connectivity index is 1.94. The van der Waals surface area contributed by atoms with Gasteiger partial charge in [0.1, 0.15) is 16.4 Å². The first-order valence-electron chi connectivity index (χ1n) is 12.7. The van der Waals surface area contributed by atoms with E-state index in [0.29, 0.717) is 29.1 Å². The van der Waals surface area contributed by atoms with E-state index in [-0.39, 0.29) is 28.4 Å². The van der Waals surface area contributed by atoms with E-state index in [1.54, 1.807) is 69.7 Å². The van der Waals surface area contributed by atoms with Crippen LogP contribution in [0.2, 0.25) is 5.02 Å². The number of allylic oxidation sites excluding steroid dienone is 2. The fourth-order valence-electron chi connectivity index (χ4n) is 4.03. The molecule has 2 heterocycles. The summed E-state index contributed by atoms with van der Waals surface area (Å²) in [5, 5.41) is 12.9. The second-order valence-corrected chi connectivity index (χ2v) is 10.3. The maximum atomic E-state index is 14.1. The van der Waals surface area contributed by atoms with Gasteiger partial charge in [-0.1, -0.05) is 30.7 Å². The number of hydrogen-bond donors (Lipinski definition) is 2. The molecule has 2 N–H and O–H groups in total. The zero-order valence-corrected chi connectivity index (χ0v) is 24.1. The summed E-state index contributed by atoms with van der Waals surface area (Å²) in [5.41, 5.74) is 1.49. The number of pyridine rings is 1. The van der Waals surface area contributed by atoms with Crippen LogP contribution in [0.25, 0.3) is 6.20 Å². The Morgan fingerprint density at radius 2 is 2.02 bits per heavy atom. The first kappa shape index (κ1) is 30.6. The molecule has 0 aliphatic heterocycles. The van der Waals surface area contributed by atoms with E-state index in [1.807, 2.05) is 19.9 Å². The molecule has 1 amide bonds. The van der Waals surface area contributed by atoms with Crippen LogP contribution < -0.4 is 10.9 Å². The molecule has 3 rings (SSSR count). The number of benzene rings is 1. The van der Waals surface area contributed by atoms with Gasteiger partial charge in [0.2, 0.25) is 5.91 Å². The van der Waals surface area contributed by atoms with Gasteiger partial charge in [-0.05, 0) is 81.5 Å². The van der Waals surface area contributed by atoms with Gasteiger partial charge in [-0.3, -0.25) is 19.1 Å². The predicted molar refractivity (Wildman–Crippen MR) is 157 cm³/mol. The van der Waals surface area contributed by atoms with Crippen LogP contribution >= 0.6 is 11.6 Å². The number of rotatable bonds is 9. The van der Waals surface area contributed by atoms with Crippen LogP contribution in [0.4, 0.5) is 10.1 Å². The molecule has 1 atom stereocenters. The Kier molecular flexibility index (Phi) is 9.89. The van der Waals surface area contributed by atoms with Crippen molar-refractivity contribution in [3.05, 3.63) is 104 Å². The molecule has 40 heavy (non-hydrogen) atoms. The Labute approximate surface area is 238 Å². The fraction of sp³-hybridized carbons (Fsp3) is 0.300. The average molecular weight is 566 g/mol.